The molecule has 0 fully saturated rings. The number of nitrogens with zero attached hydrogens (tertiary/aromatic N) is 1. The van der Waals surface area contributed by atoms with Gasteiger partial charge in [-0.1, -0.05) is 12.1 Å². The second-order valence-electron chi connectivity index (χ2n) is 5.35. The lowest BCUT2D eigenvalue weighted by atomic mass is 9.96. The summed E-state index contributed by atoms with van der Waals surface area (Å²) < 4.78 is 15.4. The summed E-state index contributed by atoms with van der Waals surface area (Å²) in [6.07, 6.45) is -0.672. The molecule has 1 aromatic carbocycles. The highest BCUT2D eigenvalue weighted by atomic mass is 16.7. The normalized spacial score (nSPS) is 17.8. The van der Waals surface area contributed by atoms with Crippen LogP contribution in [0, 0.1) is 0 Å². The van der Waals surface area contributed by atoms with Crippen LogP contribution in [-0.4, -0.2) is 55.9 Å². The number of Topliss-reactive ketones (excluding diaryl/α,β-unsaturated/α-hetero) is 1. The van der Waals surface area contributed by atoms with Crippen LogP contribution in [0.1, 0.15) is 18.5 Å². The molecule has 1 unspecified atom stereocenters. The van der Waals surface area contributed by atoms with Gasteiger partial charge in [0.25, 0.3) is 5.91 Å². The van der Waals surface area contributed by atoms with E-state index < -0.39 is 24.0 Å². The first-order valence-corrected chi connectivity index (χ1v) is 7.39. The predicted octanol–water partition coefficient (Wildman–Crippen LogP) is 1.60. The Morgan fingerprint density at radius 2 is 1.79 bits per heavy atom. The van der Waals surface area contributed by atoms with Crippen molar-refractivity contribution in [3.8, 4) is 5.75 Å². The zero-order valence-electron chi connectivity index (χ0n) is 14.1. The van der Waals surface area contributed by atoms with Gasteiger partial charge in [-0.3, -0.25) is 9.59 Å². The van der Waals surface area contributed by atoms with Crippen LogP contribution in [0.25, 0.3) is 0 Å². The average molecular weight is 335 g/mol. The summed E-state index contributed by atoms with van der Waals surface area (Å²) in [6.45, 7) is 1.40. The van der Waals surface area contributed by atoms with E-state index in [9.17, 15) is 14.7 Å². The van der Waals surface area contributed by atoms with Gasteiger partial charge in [0.15, 0.2) is 17.8 Å². The number of rotatable bonds is 7. The van der Waals surface area contributed by atoms with E-state index in [4.69, 9.17) is 14.2 Å². The molecule has 1 aliphatic rings. The molecule has 24 heavy (non-hydrogen) atoms. The third-order valence-electron chi connectivity index (χ3n) is 3.99. The maximum absolute atomic E-state index is 12.4. The van der Waals surface area contributed by atoms with Crippen LogP contribution in [-0.2, 0) is 19.1 Å². The van der Waals surface area contributed by atoms with Gasteiger partial charge in [-0.15, -0.1) is 0 Å². The molecule has 0 saturated heterocycles. The lowest BCUT2D eigenvalue weighted by molar-refractivity contribution is -0.144. The molecule has 0 saturated carbocycles. The van der Waals surface area contributed by atoms with Crippen LogP contribution in [0.3, 0.4) is 0 Å². The molecule has 0 aromatic heterocycles. The van der Waals surface area contributed by atoms with Crippen molar-refractivity contribution in [2.45, 2.75) is 19.3 Å². The lowest BCUT2D eigenvalue weighted by Gasteiger charge is -2.29. The van der Waals surface area contributed by atoms with Crippen molar-refractivity contribution in [1.29, 1.82) is 0 Å². The fourth-order valence-electron chi connectivity index (χ4n) is 2.74. The Morgan fingerprint density at radius 1 is 1.21 bits per heavy atom. The number of ether oxygens (including phenoxy) is 3. The fraction of sp³-hybridized carbons (Fsp3) is 0.412. The molecular formula is C17H21NO6. The molecule has 1 aromatic rings. The Kier molecular flexibility index (Phi) is 5.58. The molecule has 7 nitrogen and oxygen atoms in total. The van der Waals surface area contributed by atoms with E-state index in [1.807, 2.05) is 0 Å². The van der Waals surface area contributed by atoms with E-state index in [0.717, 1.165) is 0 Å². The number of amides is 1. The summed E-state index contributed by atoms with van der Waals surface area (Å²) in [6, 6.07) is 6.26. The molecule has 0 aliphatic carbocycles. The van der Waals surface area contributed by atoms with Crippen LogP contribution in [0.2, 0.25) is 0 Å². The molecule has 1 amide bonds. The maximum atomic E-state index is 12.4. The van der Waals surface area contributed by atoms with E-state index in [1.165, 1.54) is 26.0 Å². The van der Waals surface area contributed by atoms with E-state index in [0.29, 0.717) is 11.3 Å². The number of carbonyl (C=O) groups excluding carboxylic acids is 2. The van der Waals surface area contributed by atoms with E-state index in [1.54, 1.807) is 31.4 Å². The summed E-state index contributed by atoms with van der Waals surface area (Å²) in [5.74, 6) is -0.871. The molecular weight excluding hydrogens is 314 g/mol. The van der Waals surface area contributed by atoms with Crippen LogP contribution < -0.4 is 4.74 Å². The Bertz CT molecular complexity index is 648. The highest BCUT2D eigenvalue weighted by Crippen LogP contribution is 2.38. The largest absolute Gasteiger partial charge is 0.503 e. The molecule has 1 heterocycles. The van der Waals surface area contributed by atoms with Crippen molar-refractivity contribution in [1.82, 2.24) is 4.90 Å². The molecule has 1 atom stereocenters. The summed E-state index contributed by atoms with van der Waals surface area (Å²) in [4.78, 5) is 25.8. The molecule has 1 N–H and O–H groups in total. The SMILES string of the molecule is COc1ccc(C2C(C(C)=O)=C(O)C(=O)N2CC(OC)OC)cc1. The Hall–Kier alpha value is -2.38. The first-order valence-electron chi connectivity index (χ1n) is 7.39. The standard InChI is InChI=1S/C17H21NO6/c1-10(19)14-15(11-5-7-12(22-2)8-6-11)18(17(21)16(14)20)9-13(23-3)24-4/h5-8,13,15,20H,9H2,1-4H3. The smallest absolute Gasteiger partial charge is 0.290 e. The van der Waals surface area contributed by atoms with Crippen molar-refractivity contribution in [2.24, 2.45) is 0 Å². The summed E-state index contributed by atoms with van der Waals surface area (Å²) in [5.41, 5.74) is 0.750. The first kappa shape index (κ1) is 18.0. The number of hydrogen-bond acceptors (Lipinski definition) is 6. The number of hydrogen-bond donors (Lipinski definition) is 1. The minimum Gasteiger partial charge on any atom is -0.503 e. The molecule has 7 heteroatoms. The number of carbonyl (C=O) groups is 2. The molecule has 0 bridgehead atoms. The van der Waals surface area contributed by atoms with Gasteiger partial charge in [-0.2, -0.15) is 0 Å². The van der Waals surface area contributed by atoms with E-state index in [2.05, 4.69) is 0 Å². The van der Waals surface area contributed by atoms with Crippen LogP contribution in [0.15, 0.2) is 35.6 Å². The lowest BCUT2D eigenvalue weighted by Crippen LogP contribution is -2.38. The van der Waals surface area contributed by atoms with Gasteiger partial charge in [0.1, 0.15) is 5.75 Å². The van der Waals surface area contributed by atoms with Crippen LogP contribution in [0.4, 0.5) is 0 Å². The zero-order chi connectivity index (χ0) is 17.9. The minimum atomic E-state index is -0.700. The van der Waals surface area contributed by atoms with Gasteiger partial charge < -0.3 is 24.2 Å². The number of benzene rings is 1. The number of methoxy groups -OCH3 is 3. The molecule has 1 aliphatic heterocycles. The fourth-order valence-corrected chi connectivity index (χ4v) is 2.74. The summed E-state index contributed by atoms with van der Waals surface area (Å²) in [5, 5.41) is 10.2. The number of aliphatic hydroxyl groups is 1. The van der Waals surface area contributed by atoms with Crippen molar-refractivity contribution < 1.29 is 28.9 Å². The molecule has 0 radical (unpaired) electrons. The zero-order valence-corrected chi connectivity index (χ0v) is 14.1. The third kappa shape index (κ3) is 3.27. The highest BCUT2D eigenvalue weighted by molar-refractivity contribution is 6.08. The van der Waals surface area contributed by atoms with Crippen molar-refractivity contribution in [3.05, 3.63) is 41.2 Å². The summed E-state index contributed by atoms with van der Waals surface area (Å²) in [7, 11) is 4.46. The van der Waals surface area contributed by atoms with Crippen LogP contribution in [0.5, 0.6) is 5.75 Å². The topological polar surface area (TPSA) is 85.3 Å². The second-order valence-corrected chi connectivity index (χ2v) is 5.35. The third-order valence-corrected chi connectivity index (χ3v) is 3.99. The average Bonchev–Trinajstić information content (AvgIpc) is 2.84. The van der Waals surface area contributed by atoms with Gasteiger partial charge in [0.2, 0.25) is 0 Å². The summed E-state index contributed by atoms with van der Waals surface area (Å²) >= 11 is 0. The number of aliphatic hydroxyl groups excluding tert-OH is 1. The molecule has 2 rings (SSSR count). The minimum absolute atomic E-state index is 0.0659. The van der Waals surface area contributed by atoms with Gasteiger partial charge >= 0.3 is 0 Å². The monoisotopic (exact) mass is 335 g/mol. The van der Waals surface area contributed by atoms with E-state index in [-0.39, 0.29) is 17.9 Å². The van der Waals surface area contributed by atoms with Gasteiger partial charge in [-0.05, 0) is 24.6 Å². The maximum Gasteiger partial charge on any atom is 0.290 e. The Morgan fingerprint density at radius 3 is 2.25 bits per heavy atom. The molecule has 0 spiro atoms. The molecule has 130 valence electrons. The van der Waals surface area contributed by atoms with Crippen LogP contribution >= 0.6 is 0 Å². The van der Waals surface area contributed by atoms with Crippen molar-refractivity contribution in [3.63, 3.8) is 0 Å². The Balaban J connectivity index is 2.45. The first-order chi connectivity index (χ1) is 11.4. The van der Waals surface area contributed by atoms with E-state index >= 15 is 0 Å². The van der Waals surface area contributed by atoms with Gasteiger partial charge in [0.05, 0.1) is 25.3 Å². The second kappa shape index (κ2) is 7.46. The quantitative estimate of drug-likeness (QED) is 0.762. The highest BCUT2D eigenvalue weighted by Gasteiger charge is 2.43. The van der Waals surface area contributed by atoms with Crippen molar-refractivity contribution >= 4 is 11.7 Å². The van der Waals surface area contributed by atoms with Gasteiger partial charge in [0, 0.05) is 14.2 Å². The number of ketones is 1. The van der Waals surface area contributed by atoms with Crippen molar-refractivity contribution in [2.75, 3.05) is 27.9 Å². The Labute approximate surface area is 140 Å². The van der Waals surface area contributed by atoms with Gasteiger partial charge in [-0.25, -0.2) is 0 Å². The predicted molar refractivity (Wildman–Crippen MR) is 85.6 cm³/mol.